The van der Waals surface area contributed by atoms with Crippen molar-refractivity contribution in [2.45, 2.75) is 44.2 Å². The van der Waals surface area contributed by atoms with Crippen molar-refractivity contribution in [2.75, 3.05) is 6.61 Å². The van der Waals surface area contributed by atoms with E-state index in [1.807, 2.05) is 12.1 Å². The third-order valence-electron chi connectivity index (χ3n) is 5.75. The van der Waals surface area contributed by atoms with Crippen LogP contribution >= 0.6 is 0 Å². The molecule has 4 nitrogen and oxygen atoms in total. The van der Waals surface area contributed by atoms with Crippen LogP contribution in [0.5, 0.6) is 0 Å². The summed E-state index contributed by atoms with van der Waals surface area (Å²) in [6.07, 6.45) is 1.21. The summed E-state index contributed by atoms with van der Waals surface area (Å²) in [6, 6.07) is 20.9. The van der Waals surface area contributed by atoms with Crippen molar-refractivity contribution < 1.29 is 14.3 Å². The maximum Gasteiger partial charge on any atom is 0.323 e. The van der Waals surface area contributed by atoms with Gasteiger partial charge in [0.05, 0.1) is 0 Å². The summed E-state index contributed by atoms with van der Waals surface area (Å²) in [7, 11) is -2.55. The summed E-state index contributed by atoms with van der Waals surface area (Å²) in [5, 5.41) is 11.7. The van der Waals surface area contributed by atoms with Crippen LogP contribution in [0.25, 0.3) is 0 Å². The van der Waals surface area contributed by atoms with Crippen molar-refractivity contribution in [3.8, 4) is 0 Å². The number of hydrogen-bond acceptors (Lipinski definition) is 3. The van der Waals surface area contributed by atoms with Crippen molar-refractivity contribution >= 4 is 24.7 Å². The van der Waals surface area contributed by atoms with Crippen LogP contribution in [0.2, 0.25) is 5.04 Å². The van der Waals surface area contributed by atoms with E-state index in [0.29, 0.717) is 19.4 Å². The highest BCUT2D eigenvalue weighted by Crippen LogP contribution is 2.44. The van der Waals surface area contributed by atoms with Gasteiger partial charge < -0.3 is 15.3 Å². The second-order valence-corrected chi connectivity index (χ2v) is 12.9. The molecule has 0 heterocycles. The summed E-state index contributed by atoms with van der Waals surface area (Å²) in [5.41, 5.74) is 4.89. The topological polar surface area (TPSA) is 72.5 Å². The van der Waals surface area contributed by atoms with Gasteiger partial charge in [-0.3, -0.25) is 4.79 Å². The third-order valence-corrected chi connectivity index (χ3v) is 10.8. The molecule has 2 aromatic rings. The molecule has 3 N–H and O–H groups in total. The first kappa shape index (κ1) is 19.8. The van der Waals surface area contributed by atoms with Gasteiger partial charge in [-0.25, -0.2) is 0 Å². The molecule has 0 bridgehead atoms. The number of benzene rings is 2. The van der Waals surface area contributed by atoms with Gasteiger partial charge in [0.15, 0.2) is 0 Å². The molecule has 0 radical (unpaired) electrons. The van der Waals surface area contributed by atoms with E-state index in [-0.39, 0.29) is 11.0 Å². The Morgan fingerprint density at radius 1 is 1.11 bits per heavy atom. The summed E-state index contributed by atoms with van der Waals surface area (Å²) >= 11 is 0. The fraction of sp³-hybridized carbons (Fsp3) is 0.409. The predicted octanol–water partition coefficient (Wildman–Crippen LogP) is 2.76. The molecule has 5 heteroatoms. The van der Waals surface area contributed by atoms with Crippen molar-refractivity contribution in [3.05, 3.63) is 60.7 Å². The van der Waals surface area contributed by atoms with Gasteiger partial charge in [-0.15, -0.1) is 0 Å². The lowest BCUT2D eigenvalue weighted by Crippen LogP contribution is -2.66. The van der Waals surface area contributed by atoms with Crippen LogP contribution in [-0.4, -0.2) is 31.5 Å². The summed E-state index contributed by atoms with van der Waals surface area (Å²) in [5.74, 6) is -0.911. The molecular formula is C22H29NO3Si. The average molecular weight is 384 g/mol. The minimum atomic E-state index is -2.55. The largest absolute Gasteiger partial charge is 0.480 e. The van der Waals surface area contributed by atoms with Crippen LogP contribution in [0.15, 0.2) is 60.7 Å². The molecule has 1 aliphatic rings. The molecule has 144 valence electrons. The van der Waals surface area contributed by atoms with Crippen LogP contribution in [-0.2, 0) is 9.22 Å². The van der Waals surface area contributed by atoms with Gasteiger partial charge in [0, 0.05) is 6.61 Å². The standard InChI is InChI=1S/C22H29NO3Si/c1-21(2,3)27(18-10-6-4-7-11-18,19-12-8-5-9-13-19)26-15-14-17-16-22(17,23)20(24)25/h4-13,17H,14-16,23H2,1-3H3,(H,24,25)/t17-,22-/m1/s1. The number of carbonyl (C=O) groups is 1. The summed E-state index contributed by atoms with van der Waals surface area (Å²) in [6.45, 7) is 7.23. The van der Waals surface area contributed by atoms with E-state index in [4.69, 9.17) is 10.2 Å². The van der Waals surface area contributed by atoms with E-state index < -0.39 is 19.8 Å². The molecular weight excluding hydrogens is 354 g/mol. The maximum atomic E-state index is 11.3. The van der Waals surface area contributed by atoms with Crippen LogP contribution in [0.4, 0.5) is 0 Å². The molecule has 0 saturated heterocycles. The van der Waals surface area contributed by atoms with E-state index in [1.165, 1.54) is 10.4 Å². The van der Waals surface area contributed by atoms with Gasteiger partial charge in [0.25, 0.3) is 8.32 Å². The molecule has 2 aromatic carbocycles. The van der Waals surface area contributed by atoms with E-state index in [0.717, 1.165) is 0 Å². The Bertz CT molecular complexity index is 749. The van der Waals surface area contributed by atoms with Crippen molar-refractivity contribution in [2.24, 2.45) is 11.7 Å². The molecule has 3 rings (SSSR count). The van der Waals surface area contributed by atoms with Crippen LogP contribution < -0.4 is 16.1 Å². The number of nitrogens with two attached hydrogens (primary N) is 1. The maximum absolute atomic E-state index is 11.3. The molecule has 0 amide bonds. The molecule has 1 saturated carbocycles. The smallest absolute Gasteiger partial charge is 0.323 e. The van der Waals surface area contributed by atoms with Crippen molar-refractivity contribution in [1.29, 1.82) is 0 Å². The Labute approximate surface area is 162 Å². The molecule has 1 fully saturated rings. The molecule has 0 spiro atoms. The van der Waals surface area contributed by atoms with Gasteiger partial charge in [-0.1, -0.05) is 81.4 Å². The quantitative estimate of drug-likeness (QED) is 0.721. The van der Waals surface area contributed by atoms with Gasteiger partial charge >= 0.3 is 5.97 Å². The summed E-state index contributed by atoms with van der Waals surface area (Å²) < 4.78 is 6.78. The zero-order chi connectivity index (χ0) is 19.7. The first-order valence-corrected chi connectivity index (χ1v) is 11.4. The van der Waals surface area contributed by atoms with Gasteiger partial charge in [0.2, 0.25) is 0 Å². The average Bonchev–Trinajstić information content (AvgIpc) is 3.31. The van der Waals surface area contributed by atoms with E-state index in [2.05, 4.69) is 69.3 Å². The number of hydrogen-bond donors (Lipinski definition) is 2. The highest BCUT2D eigenvalue weighted by Gasteiger charge is 2.57. The van der Waals surface area contributed by atoms with E-state index in [9.17, 15) is 9.90 Å². The van der Waals surface area contributed by atoms with Crippen LogP contribution in [0.3, 0.4) is 0 Å². The first-order valence-electron chi connectivity index (χ1n) is 9.49. The number of carboxylic acid groups (broad SMARTS) is 1. The zero-order valence-corrected chi connectivity index (χ0v) is 17.3. The third kappa shape index (κ3) is 3.59. The Balaban J connectivity index is 1.92. The van der Waals surface area contributed by atoms with Gasteiger partial charge in [-0.2, -0.15) is 0 Å². The monoisotopic (exact) mass is 383 g/mol. The second kappa shape index (κ2) is 7.22. The minimum Gasteiger partial charge on any atom is -0.480 e. The molecule has 27 heavy (non-hydrogen) atoms. The zero-order valence-electron chi connectivity index (χ0n) is 16.3. The predicted molar refractivity (Wildman–Crippen MR) is 111 cm³/mol. The van der Waals surface area contributed by atoms with E-state index in [1.54, 1.807) is 0 Å². The fourth-order valence-electron chi connectivity index (χ4n) is 4.09. The Morgan fingerprint density at radius 3 is 1.96 bits per heavy atom. The van der Waals surface area contributed by atoms with Gasteiger partial charge in [-0.05, 0) is 34.2 Å². The number of carboxylic acids is 1. The lowest BCUT2D eigenvalue weighted by molar-refractivity contribution is -0.140. The highest BCUT2D eigenvalue weighted by atomic mass is 28.4. The molecule has 1 aliphatic carbocycles. The van der Waals surface area contributed by atoms with E-state index >= 15 is 0 Å². The summed E-state index contributed by atoms with van der Waals surface area (Å²) in [4.78, 5) is 11.3. The SMILES string of the molecule is CC(C)(C)[Si](OCC[C@@H]1C[C@]1(N)C(=O)O)(c1ccccc1)c1ccccc1. The lowest BCUT2D eigenvalue weighted by Gasteiger charge is -2.43. The van der Waals surface area contributed by atoms with Gasteiger partial charge in [0.1, 0.15) is 5.54 Å². The molecule has 0 aromatic heterocycles. The Kier molecular flexibility index (Phi) is 5.30. The molecule has 2 atom stereocenters. The lowest BCUT2D eigenvalue weighted by atomic mass is 10.2. The molecule has 0 aliphatic heterocycles. The van der Waals surface area contributed by atoms with Crippen LogP contribution in [0, 0.1) is 5.92 Å². The highest BCUT2D eigenvalue weighted by molar-refractivity contribution is 6.99. The molecule has 0 unspecified atom stereocenters. The minimum absolute atomic E-state index is 0.00628. The first-order chi connectivity index (χ1) is 12.7. The second-order valence-electron chi connectivity index (χ2n) is 8.55. The van der Waals surface area contributed by atoms with Crippen LogP contribution in [0.1, 0.15) is 33.6 Å². The fourth-order valence-corrected chi connectivity index (χ4v) is 8.67. The Hall–Kier alpha value is -1.95. The normalized spacial score (nSPS) is 22.4. The van der Waals surface area contributed by atoms with Crippen molar-refractivity contribution in [3.63, 3.8) is 0 Å². The Morgan fingerprint density at radius 2 is 1.59 bits per heavy atom. The number of aliphatic carboxylic acids is 1. The number of rotatable bonds is 7. The van der Waals surface area contributed by atoms with Crippen molar-refractivity contribution in [1.82, 2.24) is 0 Å².